The normalized spacial score (nSPS) is 13.3. The Morgan fingerprint density at radius 2 is 1.79 bits per heavy atom. The number of fused-ring (bicyclic) bond motifs is 2. The van der Waals surface area contributed by atoms with Gasteiger partial charge in [-0.1, -0.05) is 41.4 Å². The maximum Gasteiger partial charge on any atom is 0.258 e. The first-order valence-corrected chi connectivity index (χ1v) is 14.2. The molecule has 2 heterocycles. The predicted octanol–water partition coefficient (Wildman–Crippen LogP) is 5.32. The van der Waals surface area contributed by atoms with Crippen LogP contribution in [0.15, 0.2) is 48.7 Å². The SMILES string of the molecule is Cc1ccc(Cc2cnc3c(O)c4c(c(N(C)S(C)(=O)=O)c3c2)CN(Cc2cc(Cl)c(F)cc2F)C4=O)cc1. The summed E-state index contributed by atoms with van der Waals surface area (Å²) < 4.78 is 54.6. The summed E-state index contributed by atoms with van der Waals surface area (Å²) >= 11 is 5.82. The molecule has 1 N–H and O–H groups in total. The van der Waals surface area contributed by atoms with E-state index in [1.165, 1.54) is 11.9 Å². The molecule has 39 heavy (non-hydrogen) atoms. The number of phenols is 1. The summed E-state index contributed by atoms with van der Waals surface area (Å²) in [5, 5.41) is 11.2. The summed E-state index contributed by atoms with van der Waals surface area (Å²) in [6.45, 7) is 1.59. The van der Waals surface area contributed by atoms with E-state index in [-0.39, 0.29) is 46.0 Å². The molecule has 4 aromatic rings. The lowest BCUT2D eigenvalue weighted by Crippen LogP contribution is -2.26. The number of halogens is 3. The minimum absolute atomic E-state index is 0.0249. The van der Waals surface area contributed by atoms with E-state index in [4.69, 9.17) is 11.6 Å². The number of pyridine rings is 1. The highest BCUT2D eigenvalue weighted by Crippen LogP contribution is 2.45. The topological polar surface area (TPSA) is 90.8 Å². The predicted molar refractivity (Wildman–Crippen MR) is 146 cm³/mol. The number of carbonyl (C=O) groups excluding carboxylic acids is 1. The monoisotopic (exact) mass is 571 g/mol. The average Bonchev–Trinajstić information content (AvgIpc) is 3.19. The fraction of sp³-hybridized carbons (Fsp3) is 0.214. The lowest BCUT2D eigenvalue weighted by molar-refractivity contribution is 0.0763. The molecule has 0 bridgehead atoms. The van der Waals surface area contributed by atoms with Crippen molar-refractivity contribution in [2.24, 2.45) is 0 Å². The summed E-state index contributed by atoms with van der Waals surface area (Å²) in [5.41, 5.74) is 3.31. The number of sulfonamides is 1. The lowest BCUT2D eigenvalue weighted by atomic mass is 9.98. The minimum Gasteiger partial charge on any atom is -0.505 e. The van der Waals surface area contributed by atoms with Gasteiger partial charge in [0.1, 0.15) is 17.2 Å². The number of anilines is 1. The first-order valence-electron chi connectivity index (χ1n) is 11.9. The number of carbonyl (C=O) groups is 1. The standard InChI is InChI=1S/C28H24ClF2N3O4S/c1-15-4-6-16(7-5-15)8-17-9-19-25(32-12-17)27(35)24-20(26(19)33(2)39(3,37)38)14-34(28(24)36)13-18-10-21(29)23(31)11-22(18)30/h4-7,9-12,35H,8,13-14H2,1-3H3. The van der Waals surface area contributed by atoms with Crippen LogP contribution >= 0.6 is 11.6 Å². The molecule has 11 heteroatoms. The summed E-state index contributed by atoms with van der Waals surface area (Å²) in [6.07, 6.45) is 3.12. The van der Waals surface area contributed by atoms with E-state index in [0.29, 0.717) is 17.9 Å². The second kappa shape index (κ2) is 9.77. The number of phenolic OH excluding ortho intramolecular Hbond substituents is 1. The van der Waals surface area contributed by atoms with Crippen molar-refractivity contribution in [2.75, 3.05) is 17.6 Å². The summed E-state index contributed by atoms with van der Waals surface area (Å²) in [7, 11) is -2.43. The minimum atomic E-state index is -3.79. The number of amides is 1. The van der Waals surface area contributed by atoms with Crippen LogP contribution < -0.4 is 4.31 Å². The molecular formula is C28H24ClF2N3O4S. The fourth-order valence-electron chi connectivity index (χ4n) is 4.81. The highest BCUT2D eigenvalue weighted by atomic mass is 35.5. The first-order chi connectivity index (χ1) is 18.3. The smallest absolute Gasteiger partial charge is 0.258 e. The Hall–Kier alpha value is -3.76. The second-order valence-corrected chi connectivity index (χ2v) is 12.1. The lowest BCUT2D eigenvalue weighted by Gasteiger charge is -2.23. The van der Waals surface area contributed by atoms with Gasteiger partial charge in [-0.25, -0.2) is 17.2 Å². The van der Waals surface area contributed by atoms with Gasteiger partial charge >= 0.3 is 0 Å². The van der Waals surface area contributed by atoms with Gasteiger partial charge in [0, 0.05) is 48.9 Å². The molecule has 0 aliphatic carbocycles. The van der Waals surface area contributed by atoms with Crippen molar-refractivity contribution in [3.8, 4) is 5.75 Å². The molecule has 0 unspecified atom stereocenters. The number of nitrogens with zero attached hydrogens (tertiary/aromatic N) is 3. The van der Waals surface area contributed by atoms with E-state index >= 15 is 0 Å². The Morgan fingerprint density at radius 1 is 1.10 bits per heavy atom. The van der Waals surface area contributed by atoms with Crippen molar-refractivity contribution in [2.45, 2.75) is 26.4 Å². The van der Waals surface area contributed by atoms with E-state index in [9.17, 15) is 27.1 Å². The van der Waals surface area contributed by atoms with Gasteiger partial charge < -0.3 is 10.0 Å². The Kier molecular flexibility index (Phi) is 6.72. The van der Waals surface area contributed by atoms with Crippen LogP contribution in [0.25, 0.3) is 10.9 Å². The van der Waals surface area contributed by atoms with E-state index < -0.39 is 33.3 Å². The first kappa shape index (κ1) is 26.8. The maximum absolute atomic E-state index is 14.5. The van der Waals surface area contributed by atoms with Crippen LogP contribution in [-0.2, 0) is 29.5 Å². The van der Waals surface area contributed by atoms with Crippen molar-refractivity contribution in [3.05, 3.63) is 98.7 Å². The van der Waals surface area contributed by atoms with Gasteiger partial charge in [-0.05, 0) is 36.6 Å². The molecule has 0 saturated heterocycles. The quantitative estimate of drug-likeness (QED) is 0.316. The average molecular weight is 572 g/mol. The van der Waals surface area contributed by atoms with Crippen molar-refractivity contribution < 1.29 is 27.1 Å². The molecule has 0 saturated carbocycles. The summed E-state index contributed by atoms with van der Waals surface area (Å²) in [5.74, 6) is -2.84. The van der Waals surface area contributed by atoms with Crippen molar-refractivity contribution in [3.63, 3.8) is 0 Å². The molecule has 7 nitrogen and oxygen atoms in total. The number of rotatable bonds is 6. The molecular weight excluding hydrogens is 548 g/mol. The molecule has 3 aromatic carbocycles. The molecule has 0 spiro atoms. The molecule has 1 aliphatic rings. The molecule has 202 valence electrons. The van der Waals surface area contributed by atoms with E-state index in [1.807, 2.05) is 31.2 Å². The molecule has 1 aromatic heterocycles. The molecule has 1 aliphatic heterocycles. The third-order valence-corrected chi connectivity index (χ3v) is 8.36. The number of aryl methyl sites for hydroxylation is 1. The van der Waals surface area contributed by atoms with E-state index in [0.717, 1.165) is 33.3 Å². The van der Waals surface area contributed by atoms with Gasteiger partial charge in [-0.2, -0.15) is 0 Å². The van der Waals surface area contributed by atoms with Crippen LogP contribution in [0.2, 0.25) is 5.02 Å². The number of aromatic hydroxyl groups is 1. The third-order valence-electron chi connectivity index (χ3n) is 6.89. The zero-order chi connectivity index (χ0) is 28.2. The van der Waals surface area contributed by atoms with E-state index in [2.05, 4.69) is 4.98 Å². The van der Waals surface area contributed by atoms with Gasteiger partial charge in [0.25, 0.3) is 5.91 Å². The Bertz CT molecular complexity index is 1760. The number of hydrogen-bond acceptors (Lipinski definition) is 5. The summed E-state index contributed by atoms with van der Waals surface area (Å²) in [6, 6.07) is 11.4. The van der Waals surface area contributed by atoms with Crippen molar-refractivity contribution in [1.82, 2.24) is 9.88 Å². The number of benzene rings is 3. The Labute approximate surface area is 229 Å². The molecule has 0 fully saturated rings. The van der Waals surface area contributed by atoms with Gasteiger partial charge in [-0.15, -0.1) is 0 Å². The van der Waals surface area contributed by atoms with Gasteiger partial charge in [-0.3, -0.25) is 14.1 Å². The Balaban J connectivity index is 1.65. The van der Waals surface area contributed by atoms with Crippen LogP contribution in [0.3, 0.4) is 0 Å². The highest BCUT2D eigenvalue weighted by molar-refractivity contribution is 7.92. The highest BCUT2D eigenvalue weighted by Gasteiger charge is 2.37. The van der Waals surface area contributed by atoms with E-state index in [1.54, 1.807) is 12.3 Å². The fourth-order valence-corrected chi connectivity index (χ4v) is 5.53. The van der Waals surface area contributed by atoms with Crippen LogP contribution in [0, 0.1) is 18.6 Å². The van der Waals surface area contributed by atoms with Gasteiger partial charge in [0.2, 0.25) is 10.0 Å². The number of aromatic nitrogens is 1. The number of hydrogen-bond donors (Lipinski definition) is 1. The van der Waals surface area contributed by atoms with Gasteiger partial charge in [0.15, 0.2) is 5.75 Å². The molecule has 0 atom stereocenters. The molecule has 1 amide bonds. The molecule has 0 radical (unpaired) electrons. The van der Waals surface area contributed by atoms with Crippen LogP contribution in [0.4, 0.5) is 14.5 Å². The van der Waals surface area contributed by atoms with Crippen molar-refractivity contribution >= 4 is 44.1 Å². The zero-order valence-corrected chi connectivity index (χ0v) is 22.9. The van der Waals surface area contributed by atoms with Crippen LogP contribution in [-0.4, -0.2) is 42.6 Å². The molecule has 5 rings (SSSR count). The second-order valence-electron chi connectivity index (χ2n) is 9.70. The third kappa shape index (κ3) is 4.90. The van der Waals surface area contributed by atoms with Crippen molar-refractivity contribution in [1.29, 1.82) is 0 Å². The van der Waals surface area contributed by atoms with Crippen LogP contribution in [0.5, 0.6) is 5.75 Å². The van der Waals surface area contributed by atoms with Crippen LogP contribution in [0.1, 0.15) is 38.2 Å². The summed E-state index contributed by atoms with van der Waals surface area (Å²) in [4.78, 5) is 19.1. The maximum atomic E-state index is 14.5. The zero-order valence-electron chi connectivity index (χ0n) is 21.3. The Morgan fingerprint density at radius 3 is 2.46 bits per heavy atom. The largest absolute Gasteiger partial charge is 0.505 e. The van der Waals surface area contributed by atoms with Gasteiger partial charge in [0.05, 0.1) is 22.5 Å².